The van der Waals surface area contributed by atoms with Gasteiger partial charge in [-0.2, -0.15) is 0 Å². The lowest BCUT2D eigenvalue weighted by Crippen LogP contribution is -2.59. The Morgan fingerprint density at radius 2 is 0.741 bits per heavy atom. The zero-order valence-electron chi connectivity index (χ0n) is 16.0. The van der Waals surface area contributed by atoms with Gasteiger partial charge in [0.2, 0.25) is 17.7 Å². The molecule has 4 aliphatic heterocycles. The number of hydrogen-bond acceptors (Lipinski definition) is 6. The van der Waals surface area contributed by atoms with Gasteiger partial charge in [-0.15, -0.1) is 0 Å². The van der Waals surface area contributed by atoms with Crippen molar-refractivity contribution in [1.29, 1.82) is 0 Å². The van der Waals surface area contributed by atoms with Crippen LogP contribution in [0.3, 0.4) is 0 Å². The predicted octanol–water partition coefficient (Wildman–Crippen LogP) is -1.52. The summed E-state index contributed by atoms with van der Waals surface area (Å²) < 4.78 is 0. The minimum Gasteiger partial charge on any atom is -0.307 e. The average molecular weight is 378 g/mol. The fourth-order valence-corrected chi connectivity index (χ4v) is 3.34. The van der Waals surface area contributed by atoms with Gasteiger partial charge in [0.25, 0.3) is 0 Å². The van der Waals surface area contributed by atoms with Gasteiger partial charge < -0.3 is 29.4 Å². The number of carbonyl (C=O) groups is 3. The Kier molecular flexibility index (Phi) is 5.60. The molecule has 0 atom stereocenters. The normalized spacial score (nSPS) is 22.9. The van der Waals surface area contributed by atoms with E-state index in [9.17, 15) is 14.4 Å². The summed E-state index contributed by atoms with van der Waals surface area (Å²) in [4.78, 5) is 49.5. The second-order valence-electron chi connectivity index (χ2n) is 8.00. The molecular formula is C18H30N6O3. The SMILES string of the molecule is O=C(CCN1CC1)N1CN(C(=O)CCN2CC2)CN(C(=O)CCN2CC2)C1. The summed E-state index contributed by atoms with van der Waals surface area (Å²) in [6.45, 7) is 9.58. The van der Waals surface area contributed by atoms with Gasteiger partial charge in [-0.1, -0.05) is 0 Å². The highest BCUT2D eigenvalue weighted by atomic mass is 16.2. The van der Waals surface area contributed by atoms with Crippen LogP contribution in [0.2, 0.25) is 0 Å². The van der Waals surface area contributed by atoms with Crippen molar-refractivity contribution in [2.75, 3.05) is 78.9 Å². The number of amides is 3. The minimum atomic E-state index is 0.0223. The summed E-state index contributed by atoms with van der Waals surface area (Å²) in [6.07, 6.45) is 1.35. The molecule has 0 radical (unpaired) electrons. The monoisotopic (exact) mass is 378 g/mol. The van der Waals surface area contributed by atoms with Gasteiger partial charge in [-0.3, -0.25) is 14.4 Å². The van der Waals surface area contributed by atoms with Gasteiger partial charge in [0.15, 0.2) is 0 Å². The van der Waals surface area contributed by atoms with Crippen LogP contribution in [0.1, 0.15) is 19.3 Å². The van der Waals surface area contributed by atoms with Gasteiger partial charge in [-0.25, -0.2) is 0 Å². The lowest BCUT2D eigenvalue weighted by Gasteiger charge is -2.42. The maximum Gasteiger partial charge on any atom is 0.226 e. The molecule has 27 heavy (non-hydrogen) atoms. The highest BCUT2D eigenvalue weighted by molar-refractivity contribution is 5.82. The smallest absolute Gasteiger partial charge is 0.226 e. The molecule has 0 aliphatic carbocycles. The van der Waals surface area contributed by atoms with Crippen molar-refractivity contribution in [2.45, 2.75) is 19.3 Å². The van der Waals surface area contributed by atoms with Crippen LogP contribution in [0.25, 0.3) is 0 Å². The van der Waals surface area contributed by atoms with Crippen molar-refractivity contribution in [2.24, 2.45) is 0 Å². The summed E-state index contributed by atoms with van der Waals surface area (Å²) in [5.41, 5.74) is 0. The average Bonchev–Trinajstić information content (AvgIpc) is 3.54. The second kappa shape index (κ2) is 8.12. The highest BCUT2D eigenvalue weighted by Gasteiger charge is 2.33. The molecule has 9 heteroatoms. The Labute approximate surface area is 160 Å². The first-order valence-corrected chi connectivity index (χ1v) is 10.1. The molecular weight excluding hydrogens is 348 g/mol. The van der Waals surface area contributed by atoms with Crippen molar-refractivity contribution in [1.82, 2.24) is 29.4 Å². The van der Waals surface area contributed by atoms with E-state index >= 15 is 0 Å². The molecule has 0 unspecified atom stereocenters. The Hall–Kier alpha value is -1.71. The number of carbonyl (C=O) groups excluding carboxylic acids is 3. The summed E-state index contributed by atoms with van der Waals surface area (Å²) in [5, 5.41) is 0. The Balaban J connectivity index is 1.33. The lowest BCUT2D eigenvalue weighted by molar-refractivity contribution is -0.158. The third-order valence-corrected chi connectivity index (χ3v) is 5.63. The van der Waals surface area contributed by atoms with E-state index in [0.29, 0.717) is 39.3 Å². The summed E-state index contributed by atoms with van der Waals surface area (Å²) in [5.74, 6) is 0.0669. The largest absolute Gasteiger partial charge is 0.307 e. The van der Waals surface area contributed by atoms with Gasteiger partial charge in [-0.05, 0) is 0 Å². The van der Waals surface area contributed by atoms with E-state index in [1.54, 1.807) is 14.7 Å². The molecule has 0 aromatic rings. The van der Waals surface area contributed by atoms with E-state index in [1.165, 1.54) is 0 Å². The zero-order chi connectivity index (χ0) is 18.8. The molecule has 9 nitrogen and oxygen atoms in total. The molecule has 0 bridgehead atoms. The number of hydrogen-bond donors (Lipinski definition) is 0. The first kappa shape index (κ1) is 18.6. The van der Waals surface area contributed by atoms with Crippen LogP contribution in [-0.4, -0.2) is 126 Å². The fraction of sp³-hybridized carbons (Fsp3) is 0.833. The van der Waals surface area contributed by atoms with E-state index in [0.717, 1.165) is 58.9 Å². The molecule has 3 amide bonds. The Morgan fingerprint density at radius 3 is 0.963 bits per heavy atom. The van der Waals surface area contributed by atoms with Crippen molar-refractivity contribution in [3.8, 4) is 0 Å². The van der Waals surface area contributed by atoms with Gasteiger partial charge in [0.1, 0.15) is 0 Å². The molecule has 4 aliphatic rings. The van der Waals surface area contributed by atoms with Crippen LogP contribution in [0, 0.1) is 0 Å². The molecule has 4 heterocycles. The topological polar surface area (TPSA) is 70.0 Å². The fourth-order valence-electron chi connectivity index (χ4n) is 3.34. The van der Waals surface area contributed by atoms with Crippen molar-refractivity contribution in [3.63, 3.8) is 0 Å². The summed E-state index contributed by atoms with van der Waals surface area (Å²) in [6, 6.07) is 0. The molecule has 4 rings (SSSR count). The quantitative estimate of drug-likeness (QED) is 0.454. The van der Waals surface area contributed by atoms with Gasteiger partial charge in [0, 0.05) is 78.2 Å². The predicted molar refractivity (Wildman–Crippen MR) is 98.3 cm³/mol. The van der Waals surface area contributed by atoms with Gasteiger partial charge in [0.05, 0.1) is 20.0 Å². The maximum absolute atomic E-state index is 12.6. The van der Waals surface area contributed by atoms with E-state index in [4.69, 9.17) is 0 Å². The van der Waals surface area contributed by atoms with Crippen LogP contribution in [-0.2, 0) is 14.4 Å². The third-order valence-electron chi connectivity index (χ3n) is 5.63. The number of nitrogens with zero attached hydrogens (tertiary/aromatic N) is 6. The van der Waals surface area contributed by atoms with E-state index in [1.807, 2.05) is 0 Å². The zero-order valence-corrected chi connectivity index (χ0v) is 16.0. The van der Waals surface area contributed by atoms with Crippen LogP contribution < -0.4 is 0 Å². The van der Waals surface area contributed by atoms with Crippen LogP contribution in [0.4, 0.5) is 0 Å². The van der Waals surface area contributed by atoms with Crippen molar-refractivity contribution < 1.29 is 14.4 Å². The van der Waals surface area contributed by atoms with E-state index in [2.05, 4.69) is 14.7 Å². The summed E-state index contributed by atoms with van der Waals surface area (Å²) in [7, 11) is 0. The molecule has 4 saturated heterocycles. The molecule has 0 saturated carbocycles. The molecule has 150 valence electrons. The second-order valence-corrected chi connectivity index (χ2v) is 8.00. The van der Waals surface area contributed by atoms with Gasteiger partial charge >= 0.3 is 0 Å². The third kappa shape index (κ3) is 5.63. The molecule has 4 fully saturated rings. The van der Waals surface area contributed by atoms with Crippen molar-refractivity contribution in [3.05, 3.63) is 0 Å². The Morgan fingerprint density at radius 1 is 0.481 bits per heavy atom. The Bertz CT molecular complexity index is 501. The number of rotatable bonds is 9. The molecule has 0 aromatic heterocycles. The van der Waals surface area contributed by atoms with Crippen LogP contribution in [0.5, 0.6) is 0 Å². The highest BCUT2D eigenvalue weighted by Crippen LogP contribution is 2.15. The first-order valence-electron chi connectivity index (χ1n) is 10.1. The lowest BCUT2D eigenvalue weighted by atomic mass is 10.3. The minimum absolute atomic E-state index is 0.0223. The van der Waals surface area contributed by atoms with Crippen LogP contribution in [0.15, 0.2) is 0 Å². The molecule has 0 spiro atoms. The maximum atomic E-state index is 12.6. The standard InChI is InChI=1S/C18H30N6O3/c25-16(1-4-19-7-8-19)22-13-23(17(26)2-5-20-9-10-20)15-24(14-22)18(27)3-6-21-11-12-21/h1-15H2. The first-order chi connectivity index (χ1) is 13.1. The van der Waals surface area contributed by atoms with E-state index in [-0.39, 0.29) is 17.7 Å². The van der Waals surface area contributed by atoms with Crippen molar-refractivity contribution >= 4 is 17.7 Å². The van der Waals surface area contributed by atoms with E-state index < -0.39 is 0 Å². The van der Waals surface area contributed by atoms with Crippen LogP contribution >= 0.6 is 0 Å². The molecule has 0 aromatic carbocycles. The summed E-state index contributed by atoms with van der Waals surface area (Å²) >= 11 is 0. The molecule has 0 N–H and O–H groups in total.